The van der Waals surface area contributed by atoms with Crippen molar-refractivity contribution < 1.29 is 0 Å². The topological polar surface area (TPSA) is 57.1 Å². The molecule has 1 aromatic heterocycles. The van der Waals surface area contributed by atoms with E-state index in [2.05, 4.69) is 50.5 Å². The van der Waals surface area contributed by atoms with Gasteiger partial charge in [-0.1, -0.05) is 0 Å². The highest BCUT2D eigenvalue weighted by Crippen LogP contribution is 2.02. The van der Waals surface area contributed by atoms with E-state index in [0.717, 1.165) is 71.1 Å². The van der Waals surface area contributed by atoms with Gasteiger partial charge in [-0.15, -0.1) is 0 Å². The van der Waals surface area contributed by atoms with Gasteiger partial charge in [0.05, 0.1) is 12.2 Å². The second-order valence-corrected chi connectivity index (χ2v) is 5.74. The van der Waals surface area contributed by atoms with Gasteiger partial charge < -0.3 is 16.0 Å². The van der Waals surface area contributed by atoms with Crippen molar-refractivity contribution in [3.05, 3.63) is 17.5 Å². The van der Waals surface area contributed by atoms with Gasteiger partial charge in [0.15, 0.2) is 0 Å². The molecule has 1 aliphatic rings. The summed E-state index contributed by atoms with van der Waals surface area (Å²) in [7, 11) is 0. The molecule has 0 aliphatic carbocycles. The van der Waals surface area contributed by atoms with E-state index in [9.17, 15) is 0 Å². The Morgan fingerprint density at radius 3 is 2.00 bits per heavy atom. The Morgan fingerprint density at radius 2 is 1.48 bits per heavy atom. The third-order valence-corrected chi connectivity index (χ3v) is 3.90. The SMILES string of the molecule is Cc1cc(C)n(CCN2CCNCCNCCNCC2)n1. The smallest absolute Gasteiger partial charge is 0.0596 e. The van der Waals surface area contributed by atoms with Crippen molar-refractivity contribution in [3.63, 3.8) is 0 Å². The first-order valence-corrected chi connectivity index (χ1v) is 8.11. The summed E-state index contributed by atoms with van der Waals surface area (Å²) in [5.74, 6) is 0. The Bertz CT molecular complexity index is 391. The van der Waals surface area contributed by atoms with Crippen molar-refractivity contribution in [1.29, 1.82) is 0 Å². The van der Waals surface area contributed by atoms with Crippen LogP contribution in [-0.2, 0) is 6.54 Å². The van der Waals surface area contributed by atoms with Crippen molar-refractivity contribution in [2.75, 3.05) is 58.9 Å². The highest BCUT2D eigenvalue weighted by atomic mass is 15.3. The van der Waals surface area contributed by atoms with E-state index in [-0.39, 0.29) is 0 Å². The van der Waals surface area contributed by atoms with Crippen LogP contribution in [0.4, 0.5) is 0 Å². The molecule has 21 heavy (non-hydrogen) atoms. The van der Waals surface area contributed by atoms with Gasteiger partial charge in [-0.3, -0.25) is 9.58 Å². The molecule has 1 aliphatic heterocycles. The van der Waals surface area contributed by atoms with Gasteiger partial charge in [0.2, 0.25) is 0 Å². The first-order chi connectivity index (χ1) is 10.3. The third kappa shape index (κ3) is 6.13. The molecule has 1 fully saturated rings. The predicted octanol–water partition coefficient (Wildman–Crippen LogP) is -0.416. The van der Waals surface area contributed by atoms with Crippen LogP contribution in [0.2, 0.25) is 0 Å². The van der Waals surface area contributed by atoms with Crippen LogP contribution in [0, 0.1) is 13.8 Å². The summed E-state index contributed by atoms with van der Waals surface area (Å²) in [4.78, 5) is 2.52. The quantitative estimate of drug-likeness (QED) is 0.707. The predicted molar refractivity (Wildman–Crippen MR) is 86.8 cm³/mol. The van der Waals surface area contributed by atoms with Gasteiger partial charge in [0.1, 0.15) is 0 Å². The molecule has 1 saturated heterocycles. The van der Waals surface area contributed by atoms with Gasteiger partial charge in [0.25, 0.3) is 0 Å². The Hall–Kier alpha value is -0.950. The molecule has 0 radical (unpaired) electrons. The number of hydrogen-bond donors (Lipinski definition) is 3. The van der Waals surface area contributed by atoms with Gasteiger partial charge in [-0.05, 0) is 19.9 Å². The van der Waals surface area contributed by atoms with Crippen LogP contribution >= 0.6 is 0 Å². The number of nitrogens with one attached hydrogen (secondary N) is 3. The minimum atomic E-state index is 0.973. The molecule has 120 valence electrons. The van der Waals surface area contributed by atoms with Crippen LogP contribution in [0.5, 0.6) is 0 Å². The molecule has 0 aromatic carbocycles. The lowest BCUT2D eigenvalue weighted by Crippen LogP contribution is -2.42. The van der Waals surface area contributed by atoms with Crippen molar-refractivity contribution in [3.8, 4) is 0 Å². The summed E-state index contributed by atoms with van der Waals surface area (Å²) in [5.41, 5.74) is 2.36. The zero-order valence-corrected chi connectivity index (χ0v) is 13.5. The van der Waals surface area contributed by atoms with Crippen molar-refractivity contribution in [1.82, 2.24) is 30.6 Å². The Morgan fingerprint density at radius 1 is 0.905 bits per heavy atom. The van der Waals surface area contributed by atoms with Gasteiger partial charge >= 0.3 is 0 Å². The molecule has 2 heterocycles. The van der Waals surface area contributed by atoms with Gasteiger partial charge in [0, 0.05) is 64.6 Å². The highest BCUT2D eigenvalue weighted by Gasteiger charge is 2.07. The van der Waals surface area contributed by atoms with E-state index in [1.54, 1.807) is 0 Å². The summed E-state index contributed by atoms with van der Waals surface area (Å²) in [6.07, 6.45) is 0. The maximum Gasteiger partial charge on any atom is 0.0596 e. The molecule has 0 saturated carbocycles. The Balaban J connectivity index is 1.78. The van der Waals surface area contributed by atoms with Crippen LogP contribution in [0.3, 0.4) is 0 Å². The average molecular weight is 294 g/mol. The maximum absolute atomic E-state index is 4.55. The molecule has 0 unspecified atom stereocenters. The van der Waals surface area contributed by atoms with Crippen LogP contribution in [0.15, 0.2) is 6.07 Å². The van der Waals surface area contributed by atoms with Crippen LogP contribution < -0.4 is 16.0 Å². The van der Waals surface area contributed by atoms with Gasteiger partial charge in [-0.25, -0.2) is 0 Å². The zero-order valence-electron chi connectivity index (χ0n) is 13.5. The zero-order chi connectivity index (χ0) is 14.9. The first kappa shape index (κ1) is 16.4. The van der Waals surface area contributed by atoms with Gasteiger partial charge in [-0.2, -0.15) is 5.10 Å². The standard InChI is InChI=1S/C15H30N6/c1-14-13-15(2)21(19-14)12-11-20-9-7-17-5-3-16-4-6-18-8-10-20/h13,16-18H,3-12H2,1-2H3. The van der Waals surface area contributed by atoms with Crippen LogP contribution in [0.1, 0.15) is 11.4 Å². The highest BCUT2D eigenvalue weighted by molar-refractivity contribution is 5.06. The molecule has 3 N–H and O–H groups in total. The minimum Gasteiger partial charge on any atom is -0.314 e. The Labute approximate surface area is 128 Å². The molecule has 0 atom stereocenters. The normalized spacial score (nSPS) is 19.9. The maximum atomic E-state index is 4.55. The lowest BCUT2D eigenvalue weighted by molar-refractivity contribution is 0.256. The molecule has 6 nitrogen and oxygen atoms in total. The third-order valence-electron chi connectivity index (χ3n) is 3.90. The number of aryl methyl sites for hydroxylation is 2. The van der Waals surface area contributed by atoms with Crippen molar-refractivity contribution >= 4 is 0 Å². The molecular weight excluding hydrogens is 264 g/mol. The minimum absolute atomic E-state index is 0.973. The molecule has 0 amide bonds. The summed E-state index contributed by atoms with van der Waals surface area (Å²) in [6.45, 7) is 14.7. The fourth-order valence-corrected chi connectivity index (χ4v) is 2.68. The van der Waals surface area contributed by atoms with E-state index in [4.69, 9.17) is 0 Å². The number of nitrogens with zero attached hydrogens (tertiary/aromatic N) is 3. The van der Waals surface area contributed by atoms with E-state index >= 15 is 0 Å². The lowest BCUT2D eigenvalue weighted by Gasteiger charge is -2.23. The summed E-state index contributed by atoms with van der Waals surface area (Å²) in [5, 5.41) is 15.0. The molecule has 6 heteroatoms. The molecular formula is C15H30N6. The number of hydrogen-bond acceptors (Lipinski definition) is 5. The average Bonchev–Trinajstić information content (AvgIpc) is 2.76. The second kappa shape index (κ2) is 9.15. The summed E-state index contributed by atoms with van der Waals surface area (Å²) in [6, 6.07) is 2.15. The van der Waals surface area contributed by atoms with Crippen LogP contribution in [0.25, 0.3) is 0 Å². The molecule has 0 bridgehead atoms. The molecule has 1 aromatic rings. The largest absolute Gasteiger partial charge is 0.314 e. The van der Waals surface area contributed by atoms with Crippen LogP contribution in [-0.4, -0.2) is 73.6 Å². The Kier molecular flexibility index (Phi) is 7.15. The fraction of sp³-hybridized carbons (Fsp3) is 0.800. The fourth-order valence-electron chi connectivity index (χ4n) is 2.68. The number of aromatic nitrogens is 2. The molecule has 0 spiro atoms. The summed E-state index contributed by atoms with van der Waals surface area (Å²) < 4.78 is 2.12. The van der Waals surface area contributed by atoms with E-state index in [1.807, 2.05) is 0 Å². The van der Waals surface area contributed by atoms with E-state index < -0.39 is 0 Å². The van der Waals surface area contributed by atoms with E-state index in [0.29, 0.717) is 0 Å². The lowest BCUT2D eigenvalue weighted by atomic mass is 10.4. The first-order valence-electron chi connectivity index (χ1n) is 8.11. The second-order valence-electron chi connectivity index (χ2n) is 5.74. The number of rotatable bonds is 3. The summed E-state index contributed by atoms with van der Waals surface area (Å²) >= 11 is 0. The van der Waals surface area contributed by atoms with Crippen molar-refractivity contribution in [2.24, 2.45) is 0 Å². The van der Waals surface area contributed by atoms with E-state index in [1.165, 1.54) is 5.69 Å². The molecule has 2 rings (SSSR count). The monoisotopic (exact) mass is 294 g/mol. The van der Waals surface area contributed by atoms with Crippen molar-refractivity contribution in [2.45, 2.75) is 20.4 Å².